The Balaban J connectivity index is 0. The third kappa shape index (κ3) is 6.52. The number of aliphatic hydroxyl groups is 1. The van der Waals surface area contributed by atoms with Gasteiger partial charge in [-0.2, -0.15) is 0 Å². The predicted octanol–water partition coefficient (Wildman–Crippen LogP) is 0.635. The van der Waals surface area contributed by atoms with Crippen LogP contribution in [0.5, 0.6) is 0 Å². The van der Waals surface area contributed by atoms with Gasteiger partial charge in [0.2, 0.25) is 0 Å². The molecule has 0 amide bonds. The van der Waals surface area contributed by atoms with Crippen molar-refractivity contribution in [2.75, 3.05) is 26.2 Å². The van der Waals surface area contributed by atoms with Gasteiger partial charge in [-0.05, 0) is 25.9 Å². The van der Waals surface area contributed by atoms with Crippen molar-refractivity contribution in [3.8, 4) is 0 Å². The molecule has 1 rings (SSSR count). The molecule has 1 fully saturated rings. The Kier molecular flexibility index (Phi) is 11.1. The minimum absolute atomic E-state index is 0. The van der Waals surface area contributed by atoms with Crippen molar-refractivity contribution in [2.45, 2.75) is 25.3 Å². The van der Waals surface area contributed by atoms with E-state index in [1.54, 1.807) is 0 Å². The first-order chi connectivity index (χ1) is 5.33. The molecule has 0 radical (unpaired) electrons. The Labute approximate surface area is 92.5 Å². The largest absolute Gasteiger partial charge is 0.395 e. The number of hydrogen-bond donors (Lipinski definition) is 2. The molecule has 0 bridgehead atoms. The summed E-state index contributed by atoms with van der Waals surface area (Å²) in [6, 6.07) is -0.0481. The molecule has 0 aromatic rings. The predicted molar refractivity (Wildman–Crippen MR) is 59.8 cm³/mol. The summed E-state index contributed by atoms with van der Waals surface area (Å²) in [6.45, 7) is 3.29. The SMILES string of the molecule is Cl.Cl.NC(CO)CN1CCCCC1. The Hall–Kier alpha value is 0.460. The molecule has 3 nitrogen and oxygen atoms in total. The summed E-state index contributed by atoms with van der Waals surface area (Å²) < 4.78 is 0. The molecule has 5 heteroatoms. The Morgan fingerprint density at radius 3 is 2.15 bits per heavy atom. The number of nitrogens with zero attached hydrogens (tertiary/aromatic N) is 1. The summed E-state index contributed by atoms with van der Waals surface area (Å²) >= 11 is 0. The molecule has 1 saturated heterocycles. The van der Waals surface area contributed by atoms with Crippen molar-refractivity contribution in [3.05, 3.63) is 0 Å². The van der Waals surface area contributed by atoms with Gasteiger partial charge < -0.3 is 15.7 Å². The number of rotatable bonds is 3. The zero-order valence-electron chi connectivity index (χ0n) is 7.82. The van der Waals surface area contributed by atoms with Gasteiger partial charge in [0.25, 0.3) is 0 Å². The van der Waals surface area contributed by atoms with Crippen LogP contribution in [0.25, 0.3) is 0 Å². The Morgan fingerprint density at radius 1 is 1.15 bits per heavy atom. The summed E-state index contributed by atoms with van der Waals surface area (Å²) in [7, 11) is 0. The van der Waals surface area contributed by atoms with E-state index in [9.17, 15) is 0 Å². The van der Waals surface area contributed by atoms with E-state index in [-0.39, 0.29) is 37.5 Å². The van der Waals surface area contributed by atoms with Gasteiger partial charge in [-0.15, -0.1) is 24.8 Å². The number of likely N-dealkylation sites (tertiary alicyclic amines) is 1. The third-order valence-electron chi connectivity index (χ3n) is 2.18. The van der Waals surface area contributed by atoms with E-state index in [4.69, 9.17) is 10.8 Å². The molecule has 0 aromatic carbocycles. The second kappa shape index (κ2) is 9.03. The topological polar surface area (TPSA) is 49.5 Å². The molecule has 0 aromatic heterocycles. The lowest BCUT2D eigenvalue weighted by Crippen LogP contribution is -2.42. The van der Waals surface area contributed by atoms with Crippen LogP contribution < -0.4 is 5.73 Å². The molecular formula is C8H20Cl2N2O. The van der Waals surface area contributed by atoms with Crippen LogP contribution in [-0.2, 0) is 0 Å². The minimum Gasteiger partial charge on any atom is -0.395 e. The zero-order valence-corrected chi connectivity index (χ0v) is 9.45. The van der Waals surface area contributed by atoms with Gasteiger partial charge in [-0.1, -0.05) is 6.42 Å². The molecule has 1 aliphatic rings. The van der Waals surface area contributed by atoms with Crippen LogP contribution in [0.2, 0.25) is 0 Å². The van der Waals surface area contributed by atoms with Crippen molar-refractivity contribution in [2.24, 2.45) is 5.73 Å². The highest BCUT2D eigenvalue weighted by atomic mass is 35.5. The number of aliphatic hydroxyl groups excluding tert-OH is 1. The van der Waals surface area contributed by atoms with Crippen molar-refractivity contribution in [3.63, 3.8) is 0 Å². The van der Waals surface area contributed by atoms with Gasteiger partial charge in [0.05, 0.1) is 6.61 Å². The van der Waals surface area contributed by atoms with E-state index in [1.165, 1.54) is 19.3 Å². The van der Waals surface area contributed by atoms with Gasteiger partial charge >= 0.3 is 0 Å². The van der Waals surface area contributed by atoms with Crippen LogP contribution in [0.3, 0.4) is 0 Å². The van der Waals surface area contributed by atoms with Gasteiger partial charge in [0.1, 0.15) is 0 Å². The van der Waals surface area contributed by atoms with Crippen molar-refractivity contribution >= 4 is 24.8 Å². The fourth-order valence-corrected chi connectivity index (χ4v) is 1.53. The minimum atomic E-state index is -0.0481. The average Bonchev–Trinajstić information content (AvgIpc) is 2.06. The highest BCUT2D eigenvalue weighted by molar-refractivity contribution is 5.85. The summed E-state index contributed by atoms with van der Waals surface area (Å²) in [6.07, 6.45) is 3.93. The maximum Gasteiger partial charge on any atom is 0.0595 e. The van der Waals surface area contributed by atoms with Crippen molar-refractivity contribution < 1.29 is 5.11 Å². The van der Waals surface area contributed by atoms with Crippen LogP contribution in [0.15, 0.2) is 0 Å². The lowest BCUT2D eigenvalue weighted by molar-refractivity contribution is 0.180. The first-order valence-corrected chi connectivity index (χ1v) is 4.41. The summed E-state index contributed by atoms with van der Waals surface area (Å²) in [5.74, 6) is 0. The molecule has 13 heavy (non-hydrogen) atoms. The van der Waals surface area contributed by atoms with Gasteiger partial charge in [-0.25, -0.2) is 0 Å². The highest BCUT2D eigenvalue weighted by Gasteiger charge is 2.12. The van der Waals surface area contributed by atoms with E-state index in [2.05, 4.69) is 4.90 Å². The molecular weight excluding hydrogens is 211 g/mol. The van der Waals surface area contributed by atoms with Crippen LogP contribution in [-0.4, -0.2) is 42.3 Å². The van der Waals surface area contributed by atoms with Gasteiger partial charge in [-0.3, -0.25) is 0 Å². The third-order valence-corrected chi connectivity index (χ3v) is 2.18. The molecule has 1 aliphatic heterocycles. The normalized spacial score (nSPS) is 19.8. The Morgan fingerprint density at radius 2 is 1.69 bits per heavy atom. The van der Waals surface area contributed by atoms with Gasteiger partial charge in [0.15, 0.2) is 0 Å². The van der Waals surface area contributed by atoms with Gasteiger partial charge in [0, 0.05) is 12.6 Å². The fraction of sp³-hybridized carbons (Fsp3) is 1.00. The first kappa shape index (κ1) is 15.9. The molecule has 0 spiro atoms. The molecule has 0 aliphatic carbocycles. The van der Waals surface area contributed by atoms with E-state index in [0.717, 1.165) is 19.6 Å². The van der Waals surface area contributed by atoms with Crippen LogP contribution in [0.4, 0.5) is 0 Å². The molecule has 3 N–H and O–H groups in total. The lowest BCUT2D eigenvalue weighted by atomic mass is 10.1. The van der Waals surface area contributed by atoms with Crippen LogP contribution in [0.1, 0.15) is 19.3 Å². The van der Waals surface area contributed by atoms with Crippen LogP contribution in [0, 0.1) is 0 Å². The number of nitrogens with two attached hydrogens (primary N) is 1. The molecule has 0 saturated carbocycles. The second-order valence-corrected chi connectivity index (χ2v) is 3.30. The van der Waals surface area contributed by atoms with Crippen molar-refractivity contribution in [1.82, 2.24) is 4.90 Å². The number of halogens is 2. The highest BCUT2D eigenvalue weighted by Crippen LogP contribution is 2.07. The number of hydrogen-bond acceptors (Lipinski definition) is 3. The fourth-order valence-electron chi connectivity index (χ4n) is 1.53. The van der Waals surface area contributed by atoms with E-state index in [1.807, 2.05) is 0 Å². The number of piperidine rings is 1. The van der Waals surface area contributed by atoms with E-state index >= 15 is 0 Å². The molecule has 1 atom stereocenters. The monoisotopic (exact) mass is 230 g/mol. The lowest BCUT2D eigenvalue weighted by Gasteiger charge is -2.28. The van der Waals surface area contributed by atoms with Crippen molar-refractivity contribution in [1.29, 1.82) is 0 Å². The standard InChI is InChI=1S/C8H18N2O.2ClH/c9-8(7-11)6-10-4-2-1-3-5-10;;/h8,11H,1-7,9H2;2*1H. The maximum atomic E-state index is 8.71. The summed E-state index contributed by atoms with van der Waals surface area (Å²) in [5, 5.41) is 8.71. The second-order valence-electron chi connectivity index (χ2n) is 3.30. The quantitative estimate of drug-likeness (QED) is 0.749. The zero-order chi connectivity index (χ0) is 8.10. The molecule has 1 unspecified atom stereocenters. The first-order valence-electron chi connectivity index (χ1n) is 4.41. The smallest absolute Gasteiger partial charge is 0.0595 e. The maximum absolute atomic E-state index is 8.71. The van der Waals surface area contributed by atoms with Crippen LogP contribution >= 0.6 is 24.8 Å². The molecule has 82 valence electrons. The summed E-state index contributed by atoms with van der Waals surface area (Å²) in [4.78, 5) is 2.34. The molecule has 1 heterocycles. The van der Waals surface area contributed by atoms with E-state index in [0.29, 0.717) is 0 Å². The Bertz CT molecular complexity index is 110. The van der Waals surface area contributed by atoms with E-state index < -0.39 is 0 Å². The average molecular weight is 231 g/mol. The summed E-state index contributed by atoms with van der Waals surface area (Å²) in [5.41, 5.74) is 5.61.